The van der Waals surface area contributed by atoms with Crippen molar-refractivity contribution in [2.75, 3.05) is 6.54 Å². The van der Waals surface area contributed by atoms with Gasteiger partial charge in [0.05, 0.1) is 12.1 Å². The van der Waals surface area contributed by atoms with Gasteiger partial charge in [-0.15, -0.1) is 11.3 Å². The number of aromatic amines is 2. The molecule has 0 saturated carbocycles. The van der Waals surface area contributed by atoms with Crippen LogP contribution in [0.3, 0.4) is 0 Å². The predicted molar refractivity (Wildman–Crippen MR) is 113 cm³/mol. The summed E-state index contributed by atoms with van der Waals surface area (Å²) in [5, 5.41) is 3.01. The first-order chi connectivity index (χ1) is 13.7. The second-order valence-corrected chi connectivity index (χ2v) is 7.74. The highest BCUT2D eigenvalue weighted by Gasteiger charge is 2.16. The first-order valence-electron chi connectivity index (χ1n) is 9.45. The van der Waals surface area contributed by atoms with Crippen molar-refractivity contribution in [3.05, 3.63) is 63.7 Å². The van der Waals surface area contributed by atoms with Crippen LogP contribution in [0.4, 0.5) is 0 Å². The number of benzene rings is 1. The van der Waals surface area contributed by atoms with Crippen LogP contribution in [0.25, 0.3) is 21.1 Å². The van der Waals surface area contributed by atoms with Crippen molar-refractivity contribution in [2.45, 2.75) is 32.7 Å². The number of nitrogens with one attached hydrogen (secondary N) is 2. The minimum Gasteiger partial charge on any atom is -0.361 e. The second-order valence-electron chi connectivity index (χ2n) is 6.82. The van der Waals surface area contributed by atoms with Gasteiger partial charge in [-0.1, -0.05) is 25.1 Å². The van der Waals surface area contributed by atoms with Gasteiger partial charge in [-0.25, -0.2) is 4.98 Å². The molecule has 0 saturated heterocycles. The molecule has 0 spiro atoms. The lowest BCUT2D eigenvalue weighted by atomic mass is 10.1. The van der Waals surface area contributed by atoms with Crippen LogP contribution in [0.15, 0.2) is 46.7 Å². The Morgan fingerprint density at radius 1 is 1.25 bits per heavy atom. The maximum atomic E-state index is 12.9. The topological polar surface area (TPSA) is 81.8 Å². The van der Waals surface area contributed by atoms with Crippen LogP contribution >= 0.6 is 11.3 Å². The molecule has 4 rings (SSSR count). The molecule has 28 heavy (non-hydrogen) atoms. The van der Waals surface area contributed by atoms with Crippen molar-refractivity contribution < 1.29 is 4.79 Å². The smallest absolute Gasteiger partial charge is 0.268 e. The van der Waals surface area contributed by atoms with E-state index in [2.05, 4.69) is 21.0 Å². The Kier molecular flexibility index (Phi) is 5.25. The number of nitrogens with zero attached hydrogens (tertiary/aromatic N) is 2. The number of para-hydroxylation sites is 1. The van der Waals surface area contributed by atoms with Crippen LogP contribution in [0.1, 0.15) is 31.2 Å². The number of amides is 1. The molecule has 144 valence electrons. The van der Waals surface area contributed by atoms with E-state index >= 15 is 0 Å². The molecule has 0 aliphatic carbocycles. The van der Waals surface area contributed by atoms with Crippen LogP contribution in [0.2, 0.25) is 0 Å². The fourth-order valence-electron chi connectivity index (χ4n) is 3.48. The van der Waals surface area contributed by atoms with E-state index in [1.54, 1.807) is 4.90 Å². The first-order valence-corrected chi connectivity index (χ1v) is 10.3. The summed E-state index contributed by atoms with van der Waals surface area (Å²) in [6.45, 7) is 3.00. The Morgan fingerprint density at radius 2 is 2.11 bits per heavy atom. The van der Waals surface area contributed by atoms with Gasteiger partial charge in [0.25, 0.3) is 5.56 Å². The van der Waals surface area contributed by atoms with E-state index in [-0.39, 0.29) is 11.5 Å². The van der Waals surface area contributed by atoms with Crippen LogP contribution in [-0.4, -0.2) is 32.3 Å². The molecule has 0 unspecified atom stereocenters. The summed E-state index contributed by atoms with van der Waals surface area (Å²) >= 11 is 1.38. The summed E-state index contributed by atoms with van der Waals surface area (Å²) in [6.07, 6.45) is 3.93. The maximum absolute atomic E-state index is 12.9. The minimum absolute atomic E-state index is 0.0696. The minimum atomic E-state index is -0.141. The van der Waals surface area contributed by atoms with Gasteiger partial charge in [-0.3, -0.25) is 9.59 Å². The molecule has 7 heteroatoms. The quantitative estimate of drug-likeness (QED) is 0.500. The van der Waals surface area contributed by atoms with E-state index in [0.717, 1.165) is 22.9 Å². The fourth-order valence-corrected chi connectivity index (χ4v) is 4.20. The van der Waals surface area contributed by atoms with Gasteiger partial charge in [0, 0.05) is 30.1 Å². The molecular formula is C21H22N4O2S. The van der Waals surface area contributed by atoms with Gasteiger partial charge in [0.1, 0.15) is 10.5 Å². The Hall–Kier alpha value is -2.93. The molecule has 0 atom stereocenters. The molecule has 0 radical (unpaired) electrons. The molecule has 0 aliphatic heterocycles. The highest BCUT2D eigenvalue weighted by molar-refractivity contribution is 7.17. The predicted octanol–water partition coefficient (Wildman–Crippen LogP) is 3.84. The molecule has 3 heterocycles. The number of fused-ring (bicyclic) bond motifs is 2. The Labute approximate surface area is 166 Å². The van der Waals surface area contributed by atoms with Crippen molar-refractivity contribution >= 4 is 38.4 Å². The molecule has 3 aromatic heterocycles. The third-order valence-electron chi connectivity index (χ3n) is 4.83. The maximum Gasteiger partial charge on any atom is 0.268 e. The lowest BCUT2D eigenvalue weighted by Gasteiger charge is -2.21. The third kappa shape index (κ3) is 3.71. The zero-order valence-corrected chi connectivity index (χ0v) is 16.5. The van der Waals surface area contributed by atoms with Gasteiger partial charge in [-0.2, -0.15) is 0 Å². The Balaban J connectivity index is 1.48. The molecule has 6 nitrogen and oxygen atoms in total. The standard InChI is InChI=1S/C21H22N4O2S/c1-2-10-25(13-18-23-17-9-11-28-20(17)21(27)24-18)19(26)8-7-14-12-22-16-6-4-3-5-15(14)16/h3-6,9,11-12,22H,2,7-8,10,13H2,1H3,(H,23,24,27). The number of thiophene rings is 1. The zero-order chi connectivity index (χ0) is 19.5. The van der Waals surface area contributed by atoms with Crippen molar-refractivity contribution in [2.24, 2.45) is 0 Å². The SMILES string of the molecule is CCCN(Cc1nc2ccsc2c(=O)[nH]1)C(=O)CCc1c[nH]c2ccccc12. The number of aromatic nitrogens is 3. The molecule has 1 aromatic carbocycles. The van der Waals surface area contributed by atoms with Gasteiger partial charge < -0.3 is 14.9 Å². The normalized spacial score (nSPS) is 11.3. The average Bonchev–Trinajstić information content (AvgIpc) is 3.33. The second kappa shape index (κ2) is 7.98. The molecule has 4 aromatic rings. The van der Waals surface area contributed by atoms with Gasteiger partial charge in [-0.05, 0) is 35.9 Å². The number of rotatable bonds is 7. The lowest BCUT2D eigenvalue weighted by molar-refractivity contribution is -0.131. The summed E-state index contributed by atoms with van der Waals surface area (Å²) in [4.78, 5) is 37.4. The van der Waals surface area contributed by atoms with Crippen molar-refractivity contribution in [3.8, 4) is 0 Å². The summed E-state index contributed by atoms with van der Waals surface area (Å²) in [5.74, 6) is 0.602. The van der Waals surface area contributed by atoms with E-state index in [1.165, 1.54) is 11.3 Å². The highest BCUT2D eigenvalue weighted by atomic mass is 32.1. The number of H-pyrrole nitrogens is 2. The van der Waals surface area contributed by atoms with Crippen LogP contribution in [0, 0.1) is 0 Å². The monoisotopic (exact) mass is 394 g/mol. The summed E-state index contributed by atoms with van der Waals surface area (Å²) in [7, 11) is 0. The summed E-state index contributed by atoms with van der Waals surface area (Å²) in [6, 6.07) is 9.94. The molecule has 1 amide bonds. The van der Waals surface area contributed by atoms with Crippen molar-refractivity contribution in [1.82, 2.24) is 19.9 Å². The Morgan fingerprint density at radius 3 is 2.96 bits per heavy atom. The van der Waals surface area contributed by atoms with Gasteiger partial charge in [0.15, 0.2) is 0 Å². The highest BCUT2D eigenvalue weighted by Crippen LogP contribution is 2.20. The third-order valence-corrected chi connectivity index (χ3v) is 5.74. The number of hydrogen-bond acceptors (Lipinski definition) is 4. The van der Waals surface area contributed by atoms with E-state index in [9.17, 15) is 9.59 Å². The van der Waals surface area contributed by atoms with E-state index in [1.807, 2.05) is 42.8 Å². The number of aryl methyl sites for hydroxylation is 1. The van der Waals surface area contributed by atoms with Crippen LogP contribution in [-0.2, 0) is 17.8 Å². The number of carbonyl (C=O) groups is 1. The van der Waals surface area contributed by atoms with Crippen molar-refractivity contribution in [3.63, 3.8) is 0 Å². The fraction of sp³-hybridized carbons (Fsp3) is 0.286. The largest absolute Gasteiger partial charge is 0.361 e. The van der Waals surface area contributed by atoms with E-state index in [0.29, 0.717) is 42.0 Å². The van der Waals surface area contributed by atoms with E-state index < -0.39 is 0 Å². The number of hydrogen-bond donors (Lipinski definition) is 2. The average molecular weight is 395 g/mol. The molecule has 2 N–H and O–H groups in total. The molecule has 0 fully saturated rings. The van der Waals surface area contributed by atoms with Gasteiger partial charge >= 0.3 is 0 Å². The number of carbonyl (C=O) groups excluding carboxylic acids is 1. The van der Waals surface area contributed by atoms with Gasteiger partial charge in [0.2, 0.25) is 5.91 Å². The molecule has 0 aliphatic rings. The molecular weight excluding hydrogens is 372 g/mol. The Bertz CT molecular complexity index is 1170. The zero-order valence-electron chi connectivity index (χ0n) is 15.7. The summed E-state index contributed by atoms with van der Waals surface area (Å²) < 4.78 is 0.622. The van der Waals surface area contributed by atoms with Crippen LogP contribution < -0.4 is 5.56 Å². The lowest BCUT2D eigenvalue weighted by Crippen LogP contribution is -2.32. The summed E-state index contributed by atoms with van der Waals surface area (Å²) in [5.41, 5.74) is 2.77. The van der Waals surface area contributed by atoms with Crippen molar-refractivity contribution in [1.29, 1.82) is 0 Å². The molecule has 0 bridgehead atoms. The van der Waals surface area contributed by atoms with E-state index in [4.69, 9.17) is 0 Å². The first kappa shape index (κ1) is 18.4. The van der Waals surface area contributed by atoms with Crippen LogP contribution in [0.5, 0.6) is 0 Å².